The molecule has 0 atom stereocenters. The first-order chi connectivity index (χ1) is 13.7. The van der Waals surface area contributed by atoms with Crippen molar-refractivity contribution in [1.29, 1.82) is 0 Å². The van der Waals surface area contributed by atoms with Gasteiger partial charge in [-0.3, -0.25) is 14.8 Å². The molecule has 142 valence electrons. The third-order valence-electron chi connectivity index (χ3n) is 5.54. The molecule has 4 nitrogen and oxygen atoms in total. The summed E-state index contributed by atoms with van der Waals surface area (Å²) in [6.45, 7) is 0.481. The van der Waals surface area contributed by atoms with Gasteiger partial charge in [0.2, 0.25) is 5.91 Å². The van der Waals surface area contributed by atoms with Gasteiger partial charge in [0.25, 0.3) is 0 Å². The molecule has 1 aromatic carbocycles. The van der Waals surface area contributed by atoms with E-state index in [2.05, 4.69) is 15.3 Å². The van der Waals surface area contributed by atoms with Gasteiger partial charge in [0.1, 0.15) is 0 Å². The van der Waals surface area contributed by atoms with Crippen LogP contribution in [0.4, 0.5) is 0 Å². The molecule has 4 rings (SSSR count). The van der Waals surface area contributed by atoms with Crippen LogP contribution in [0.25, 0.3) is 11.3 Å². The molecule has 0 radical (unpaired) electrons. The maximum absolute atomic E-state index is 13.2. The summed E-state index contributed by atoms with van der Waals surface area (Å²) in [7, 11) is 0. The van der Waals surface area contributed by atoms with E-state index >= 15 is 0 Å². The summed E-state index contributed by atoms with van der Waals surface area (Å²) in [6, 6.07) is 15.5. The van der Waals surface area contributed by atoms with Crippen LogP contribution in [0.15, 0.2) is 67.1 Å². The van der Waals surface area contributed by atoms with Crippen LogP contribution in [0.5, 0.6) is 0 Å². The van der Waals surface area contributed by atoms with Crippen LogP contribution in [0.1, 0.15) is 36.8 Å². The van der Waals surface area contributed by atoms with E-state index in [9.17, 15) is 4.79 Å². The van der Waals surface area contributed by atoms with Crippen molar-refractivity contribution in [2.45, 2.75) is 37.6 Å². The second-order valence-corrected chi connectivity index (χ2v) is 7.70. The summed E-state index contributed by atoms with van der Waals surface area (Å²) >= 11 is 6.04. The van der Waals surface area contributed by atoms with Crippen molar-refractivity contribution in [3.63, 3.8) is 0 Å². The van der Waals surface area contributed by atoms with Crippen molar-refractivity contribution in [3.8, 4) is 11.3 Å². The van der Waals surface area contributed by atoms with E-state index in [1.54, 1.807) is 18.6 Å². The Morgan fingerprint density at radius 3 is 2.43 bits per heavy atom. The molecule has 1 saturated carbocycles. The zero-order valence-corrected chi connectivity index (χ0v) is 16.3. The molecular weight excluding hydrogens is 370 g/mol. The van der Waals surface area contributed by atoms with Gasteiger partial charge in [-0.05, 0) is 60.4 Å². The molecule has 5 heteroatoms. The first kappa shape index (κ1) is 18.6. The van der Waals surface area contributed by atoms with Gasteiger partial charge in [-0.2, -0.15) is 0 Å². The molecule has 2 aromatic heterocycles. The van der Waals surface area contributed by atoms with Crippen LogP contribution in [-0.4, -0.2) is 15.9 Å². The summed E-state index contributed by atoms with van der Waals surface area (Å²) in [5.41, 5.74) is 3.52. The lowest BCUT2D eigenvalue weighted by Crippen LogP contribution is -2.42. The monoisotopic (exact) mass is 391 g/mol. The van der Waals surface area contributed by atoms with Crippen LogP contribution in [0, 0.1) is 0 Å². The zero-order valence-electron chi connectivity index (χ0n) is 15.6. The molecule has 1 aliphatic carbocycles. The number of hydrogen-bond donors (Lipinski definition) is 1. The predicted molar refractivity (Wildman–Crippen MR) is 111 cm³/mol. The molecule has 0 aliphatic heterocycles. The Labute approximate surface area is 170 Å². The zero-order chi connectivity index (χ0) is 19.4. The van der Waals surface area contributed by atoms with E-state index in [0.717, 1.165) is 48.1 Å². The van der Waals surface area contributed by atoms with Gasteiger partial charge in [0.05, 0.1) is 11.1 Å². The Hall–Kier alpha value is -2.72. The lowest BCUT2D eigenvalue weighted by Gasteiger charge is -2.28. The van der Waals surface area contributed by atoms with Crippen molar-refractivity contribution in [3.05, 3.63) is 83.3 Å². The topological polar surface area (TPSA) is 54.9 Å². The Kier molecular flexibility index (Phi) is 5.40. The first-order valence-corrected chi connectivity index (χ1v) is 9.95. The van der Waals surface area contributed by atoms with Crippen molar-refractivity contribution < 1.29 is 4.79 Å². The minimum absolute atomic E-state index is 0.0922. The van der Waals surface area contributed by atoms with Gasteiger partial charge in [-0.1, -0.05) is 36.6 Å². The van der Waals surface area contributed by atoms with Gasteiger partial charge in [0.15, 0.2) is 0 Å². The predicted octanol–water partition coefficient (Wildman–Crippen LogP) is 4.93. The van der Waals surface area contributed by atoms with E-state index < -0.39 is 5.41 Å². The number of nitrogens with zero attached hydrogens (tertiary/aromatic N) is 2. The quantitative estimate of drug-likeness (QED) is 0.671. The third-order valence-corrected chi connectivity index (χ3v) is 5.79. The summed E-state index contributed by atoms with van der Waals surface area (Å²) in [6.07, 6.45) is 9.16. The Morgan fingerprint density at radius 2 is 1.71 bits per heavy atom. The van der Waals surface area contributed by atoms with Crippen LogP contribution in [0.3, 0.4) is 0 Å². The number of nitrogens with one attached hydrogen (secondary N) is 1. The van der Waals surface area contributed by atoms with E-state index in [-0.39, 0.29) is 5.91 Å². The molecule has 0 saturated heterocycles. The fraction of sp³-hybridized carbons (Fsp3) is 0.261. The summed E-state index contributed by atoms with van der Waals surface area (Å²) in [4.78, 5) is 21.7. The number of rotatable bonds is 5. The Balaban J connectivity index is 1.51. The van der Waals surface area contributed by atoms with Crippen molar-refractivity contribution in [2.24, 2.45) is 0 Å². The number of aromatic nitrogens is 2. The van der Waals surface area contributed by atoms with Crippen molar-refractivity contribution >= 4 is 17.5 Å². The van der Waals surface area contributed by atoms with E-state index in [1.807, 2.05) is 48.5 Å². The fourth-order valence-electron chi connectivity index (χ4n) is 4.01. The fourth-order valence-corrected chi connectivity index (χ4v) is 4.14. The second-order valence-electron chi connectivity index (χ2n) is 7.26. The van der Waals surface area contributed by atoms with E-state index in [0.29, 0.717) is 11.6 Å². The molecule has 3 aromatic rings. The number of carbonyl (C=O) groups excluding carboxylic acids is 1. The average molecular weight is 392 g/mol. The molecule has 0 bridgehead atoms. The SMILES string of the molecule is O=C(NCc1ccnc(-c2ccncc2)c1)C1(c2ccc(Cl)cc2)CCCC1. The third kappa shape index (κ3) is 3.78. The highest BCUT2D eigenvalue weighted by Crippen LogP contribution is 2.41. The largest absolute Gasteiger partial charge is 0.351 e. The van der Waals surface area contributed by atoms with Gasteiger partial charge >= 0.3 is 0 Å². The first-order valence-electron chi connectivity index (χ1n) is 9.57. The van der Waals surface area contributed by atoms with Crippen LogP contribution in [0.2, 0.25) is 5.02 Å². The normalized spacial score (nSPS) is 15.3. The van der Waals surface area contributed by atoms with Crippen molar-refractivity contribution in [1.82, 2.24) is 15.3 Å². The molecule has 1 N–H and O–H groups in total. The molecular formula is C23H22ClN3O. The number of carbonyl (C=O) groups is 1. The van der Waals surface area contributed by atoms with Gasteiger partial charge in [-0.25, -0.2) is 0 Å². The maximum Gasteiger partial charge on any atom is 0.230 e. The number of amides is 1. The second kappa shape index (κ2) is 8.11. The number of pyridine rings is 2. The summed E-state index contributed by atoms with van der Waals surface area (Å²) < 4.78 is 0. The Morgan fingerprint density at radius 1 is 1.00 bits per heavy atom. The highest BCUT2D eigenvalue weighted by molar-refractivity contribution is 6.30. The van der Waals surface area contributed by atoms with Gasteiger partial charge < -0.3 is 5.32 Å². The maximum atomic E-state index is 13.2. The molecule has 0 unspecified atom stereocenters. The summed E-state index contributed by atoms with van der Waals surface area (Å²) in [5.74, 6) is 0.0922. The lowest BCUT2D eigenvalue weighted by atomic mass is 9.78. The van der Waals surface area contributed by atoms with E-state index in [4.69, 9.17) is 11.6 Å². The van der Waals surface area contributed by atoms with Crippen LogP contribution < -0.4 is 5.32 Å². The molecule has 2 heterocycles. The molecule has 1 amide bonds. The molecule has 1 fully saturated rings. The number of benzene rings is 1. The molecule has 0 spiro atoms. The van der Waals surface area contributed by atoms with Crippen LogP contribution in [-0.2, 0) is 16.8 Å². The highest BCUT2D eigenvalue weighted by atomic mass is 35.5. The number of hydrogen-bond acceptors (Lipinski definition) is 3. The van der Waals surface area contributed by atoms with E-state index in [1.165, 1.54) is 0 Å². The standard InChI is InChI=1S/C23H22ClN3O/c24-20-5-3-19(4-6-20)23(10-1-2-11-23)22(28)27-16-17-7-14-26-21(15-17)18-8-12-25-13-9-18/h3-9,12-15H,1-2,10-11,16H2,(H,27,28). The minimum Gasteiger partial charge on any atom is -0.351 e. The lowest BCUT2D eigenvalue weighted by molar-refractivity contribution is -0.126. The molecule has 1 aliphatic rings. The average Bonchev–Trinajstić information content (AvgIpc) is 3.25. The van der Waals surface area contributed by atoms with Crippen LogP contribution >= 0.6 is 11.6 Å². The van der Waals surface area contributed by atoms with Crippen molar-refractivity contribution in [2.75, 3.05) is 0 Å². The van der Waals surface area contributed by atoms with Gasteiger partial charge in [0, 0.05) is 35.7 Å². The molecule has 28 heavy (non-hydrogen) atoms. The highest BCUT2D eigenvalue weighted by Gasteiger charge is 2.42. The minimum atomic E-state index is -0.453. The number of halogens is 1. The van der Waals surface area contributed by atoms with Gasteiger partial charge in [-0.15, -0.1) is 0 Å². The summed E-state index contributed by atoms with van der Waals surface area (Å²) in [5, 5.41) is 3.85. The Bertz CT molecular complexity index is 951. The smallest absolute Gasteiger partial charge is 0.230 e.